The molecule has 0 fully saturated rings. The van der Waals surface area contributed by atoms with E-state index in [1.165, 1.54) is 11.9 Å². The first-order valence-electron chi connectivity index (χ1n) is 6.27. The number of ketones is 1. The summed E-state index contributed by atoms with van der Waals surface area (Å²) >= 11 is 1.48. The Balaban J connectivity index is 2.28. The minimum Gasteiger partial charge on any atom is -0.361 e. The Morgan fingerprint density at radius 1 is 1.10 bits per heavy atom. The SMILES string of the molecule is COC(NSC)c1cccc(C(=O)c2ccccc2)c1. The molecule has 0 radical (unpaired) electrons. The van der Waals surface area contributed by atoms with Gasteiger partial charge in [-0.15, -0.1) is 0 Å². The lowest BCUT2D eigenvalue weighted by Gasteiger charge is -2.16. The fourth-order valence-corrected chi connectivity index (χ4v) is 2.40. The maximum Gasteiger partial charge on any atom is 0.193 e. The van der Waals surface area contributed by atoms with Gasteiger partial charge in [0.05, 0.1) is 0 Å². The molecular weight excluding hydrogens is 270 g/mol. The van der Waals surface area contributed by atoms with E-state index >= 15 is 0 Å². The monoisotopic (exact) mass is 287 g/mol. The third kappa shape index (κ3) is 3.48. The summed E-state index contributed by atoms with van der Waals surface area (Å²) in [6.07, 6.45) is 1.71. The molecule has 20 heavy (non-hydrogen) atoms. The molecule has 1 atom stereocenters. The molecule has 2 aromatic rings. The topological polar surface area (TPSA) is 38.3 Å². The second kappa shape index (κ2) is 7.24. The van der Waals surface area contributed by atoms with Gasteiger partial charge in [-0.3, -0.25) is 4.79 Å². The lowest BCUT2D eigenvalue weighted by molar-refractivity contribution is 0.0965. The molecule has 0 heterocycles. The standard InChI is InChI=1S/C16H17NO2S/c1-19-16(17-20-2)14-10-6-9-13(11-14)15(18)12-7-4-3-5-8-12/h3-11,16-17H,1-2H3. The molecule has 0 saturated carbocycles. The highest BCUT2D eigenvalue weighted by molar-refractivity contribution is 7.96. The van der Waals surface area contributed by atoms with Gasteiger partial charge in [0.1, 0.15) is 6.23 Å². The van der Waals surface area contributed by atoms with Crippen molar-refractivity contribution in [3.8, 4) is 0 Å². The summed E-state index contributed by atoms with van der Waals surface area (Å²) in [6, 6.07) is 16.8. The van der Waals surface area contributed by atoms with Crippen molar-refractivity contribution in [2.75, 3.05) is 13.4 Å². The summed E-state index contributed by atoms with van der Waals surface area (Å²) in [7, 11) is 1.64. The van der Waals surface area contributed by atoms with Crippen LogP contribution >= 0.6 is 11.9 Å². The Kier molecular flexibility index (Phi) is 5.35. The van der Waals surface area contributed by atoms with Gasteiger partial charge in [-0.2, -0.15) is 0 Å². The van der Waals surface area contributed by atoms with Crippen molar-refractivity contribution in [3.63, 3.8) is 0 Å². The molecule has 1 unspecified atom stereocenters. The van der Waals surface area contributed by atoms with Gasteiger partial charge in [-0.05, 0) is 17.9 Å². The fourth-order valence-electron chi connectivity index (χ4n) is 1.96. The van der Waals surface area contributed by atoms with Crippen molar-refractivity contribution >= 4 is 17.7 Å². The van der Waals surface area contributed by atoms with E-state index in [1.807, 2.05) is 60.9 Å². The van der Waals surface area contributed by atoms with Gasteiger partial charge in [0.15, 0.2) is 5.78 Å². The molecule has 0 amide bonds. The van der Waals surface area contributed by atoms with Gasteiger partial charge in [-0.25, -0.2) is 4.72 Å². The van der Waals surface area contributed by atoms with Crippen LogP contribution in [0.15, 0.2) is 54.6 Å². The number of carbonyl (C=O) groups is 1. The smallest absolute Gasteiger partial charge is 0.193 e. The predicted molar refractivity (Wildman–Crippen MR) is 82.7 cm³/mol. The van der Waals surface area contributed by atoms with Crippen LogP contribution in [-0.4, -0.2) is 19.1 Å². The molecule has 4 heteroatoms. The van der Waals surface area contributed by atoms with Gasteiger partial charge in [0.2, 0.25) is 0 Å². The second-order valence-corrected chi connectivity index (χ2v) is 4.90. The van der Waals surface area contributed by atoms with Crippen molar-refractivity contribution in [1.29, 1.82) is 0 Å². The Hall–Kier alpha value is -1.62. The molecule has 3 nitrogen and oxygen atoms in total. The van der Waals surface area contributed by atoms with E-state index < -0.39 is 0 Å². The summed E-state index contributed by atoms with van der Waals surface area (Å²) in [5.41, 5.74) is 2.29. The number of rotatable bonds is 6. The average Bonchev–Trinajstić information content (AvgIpc) is 2.53. The zero-order valence-corrected chi connectivity index (χ0v) is 12.3. The molecule has 2 aromatic carbocycles. The molecule has 0 aliphatic heterocycles. The van der Waals surface area contributed by atoms with Crippen LogP contribution in [0.1, 0.15) is 27.7 Å². The van der Waals surface area contributed by atoms with Gasteiger partial charge in [0.25, 0.3) is 0 Å². The maximum absolute atomic E-state index is 12.4. The molecule has 0 spiro atoms. The van der Waals surface area contributed by atoms with Crippen molar-refractivity contribution in [2.24, 2.45) is 0 Å². The number of hydrogen-bond acceptors (Lipinski definition) is 4. The number of nitrogens with one attached hydrogen (secondary N) is 1. The summed E-state index contributed by atoms with van der Waals surface area (Å²) in [5.74, 6) is 0.0199. The minimum atomic E-state index is -0.228. The van der Waals surface area contributed by atoms with Gasteiger partial charge in [0, 0.05) is 18.2 Å². The molecule has 0 aliphatic carbocycles. The largest absolute Gasteiger partial charge is 0.361 e. The lowest BCUT2D eigenvalue weighted by atomic mass is 10.0. The van der Waals surface area contributed by atoms with Crippen LogP contribution in [0.5, 0.6) is 0 Å². The maximum atomic E-state index is 12.4. The van der Waals surface area contributed by atoms with E-state index in [0.717, 1.165) is 5.56 Å². The van der Waals surface area contributed by atoms with Crippen LogP contribution in [-0.2, 0) is 4.74 Å². The predicted octanol–water partition coefficient (Wildman–Crippen LogP) is 3.43. The van der Waals surface area contributed by atoms with Crippen molar-refractivity contribution in [3.05, 3.63) is 71.3 Å². The lowest BCUT2D eigenvalue weighted by Crippen LogP contribution is -2.16. The van der Waals surface area contributed by atoms with E-state index in [9.17, 15) is 4.79 Å². The molecule has 2 rings (SSSR count). The van der Waals surface area contributed by atoms with Crippen LogP contribution in [0.2, 0.25) is 0 Å². The summed E-state index contributed by atoms with van der Waals surface area (Å²) in [4.78, 5) is 12.4. The van der Waals surface area contributed by atoms with Gasteiger partial charge < -0.3 is 4.74 Å². The normalized spacial score (nSPS) is 12.1. The third-order valence-electron chi connectivity index (χ3n) is 2.95. The van der Waals surface area contributed by atoms with Gasteiger partial charge >= 0.3 is 0 Å². The van der Waals surface area contributed by atoms with E-state index in [2.05, 4.69) is 4.72 Å². The highest BCUT2D eigenvalue weighted by Gasteiger charge is 2.13. The highest BCUT2D eigenvalue weighted by Crippen LogP contribution is 2.19. The van der Waals surface area contributed by atoms with Crippen LogP contribution in [0.4, 0.5) is 0 Å². The second-order valence-electron chi connectivity index (χ2n) is 4.26. The number of benzene rings is 2. The van der Waals surface area contributed by atoms with Crippen LogP contribution in [0.3, 0.4) is 0 Å². The fraction of sp³-hybridized carbons (Fsp3) is 0.188. The summed E-state index contributed by atoms with van der Waals surface area (Å²) in [5, 5.41) is 0. The Labute approximate surface area is 123 Å². The molecule has 0 aromatic heterocycles. The minimum absolute atomic E-state index is 0.0199. The molecule has 0 saturated heterocycles. The molecule has 1 N–H and O–H groups in total. The van der Waals surface area contributed by atoms with Crippen molar-refractivity contribution < 1.29 is 9.53 Å². The van der Waals surface area contributed by atoms with E-state index in [0.29, 0.717) is 11.1 Å². The van der Waals surface area contributed by atoms with Gasteiger partial charge in [-0.1, -0.05) is 60.5 Å². The molecule has 104 valence electrons. The number of methoxy groups -OCH3 is 1. The Bertz CT molecular complexity index is 572. The van der Waals surface area contributed by atoms with Crippen molar-refractivity contribution in [2.45, 2.75) is 6.23 Å². The Morgan fingerprint density at radius 3 is 2.45 bits per heavy atom. The number of hydrogen-bond donors (Lipinski definition) is 1. The quantitative estimate of drug-likeness (QED) is 0.502. The first-order chi connectivity index (χ1) is 9.76. The first kappa shape index (κ1) is 14.8. The van der Waals surface area contributed by atoms with E-state index in [-0.39, 0.29) is 12.0 Å². The summed E-state index contributed by atoms with van der Waals surface area (Å²) in [6.45, 7) is 0. The average molecular weight is 287 g/mol. The molecule has 0 aliphatic rings. The van der Waals surface area contributed by atoms with E-state index in [1.54, 1.807) is 7.11 Å². The zero-order valence-electron chi connectivity index (χ0n) is 11.5. The van der Waals surface area contributed by atoms with Crippen molar-refractivity contribution in [1.82, 2.24) is 4.72 Å². The molecular formula is C16H17NO2S. The van der Waals surface area contributed by atoms with Crippen LogP contribution < -0.4 is 4.72 Å². The highest BCUT2D eigenvalue weighted by atomic mass is 32.2. The first-order valence-corrected chi connectivity index (χ1v) is 7.49. The van der Waals surface area contributed by atoms with Crippen LogP contribution in [0.25, 0.3) is 0 Å². The summed E-state index contributed by atoms with van der Waals surface area (Å²) < 4.78 is 8.51. The molecule has 0 bridgehead atoms. The number of carbonyl (C=O) groups excluding carboxylic acids is 1. The zero-order chi connectivity index (χ0) is 14.4. The Morgan fingerprint density at radius 2 is 1.80 bits per heavy atom. The third-order valence-corrected chi connectivity index (χ3v) is 3.40. The van der Waals surface area contributed by atoms with Crippen LogP contribution in [0, 0.1) is 0 Å². The number of ether oxygens (including phenoxy) is 1. The van der Waals surface area contributed by atoms with E-state index in [4.69, 9.17) is 4.74 Å².